The topological polar surface area (TPSA) is 38.3 Å². The molecule has 0 aromatic heterocycles. The summed E-state index contributed by atoms with van der Waals surface area (Å²) in [5.74, 6) is 1.35. The van der Waals surface area contributed by atoms with Gasteiger partial charge in [-0.3, -0.25) is 4.21 Å². The van der Waals surface area contributed by atoms with Crippen molar-refractivity contribution >= 4 is 10.8 Å². The first-order valence-corrected chi connectivity index (χ1v) is 6.03. The molecule has 0 saturated carbocycles. The maximum atomic E-state index is 11.3. The van der Waals surface area contributed by atoms with Gasteiger partial charge in [-0.15, -0.1) is 0 Å². The lowest BCUT2D eigenvalue weighted by molar-refractivity contribution is 0.218. The van der Waals surface area contributed by atoms with Crippen molar-refractivity contribution < 1.29 is 8.95 Å². The molecule has 13 heavy (non-hydrogen) atoms. The first-order chi connectivity index (χ1) is 5.95. The third kappa shape index (κ3) is 9.99. The lowest BCUT2D eigenvalue weighted by Crippen LogP contribution is -2.38. The lowest BCUT2D eigenvalue weighted by atomic mass is 10.1. The highest BCUT2D eigenvalue weighted by atomic mass is 32.2. The Kier molecular flexibility index (Phi) is 6.55. The average molecular weight is 207 g/mol. The monoisotopic (exact) mass is 207 g/mol. The second-order valence-corrected chi connectivity index (χ2v) is 5.71. The van der Waals surface area contributed by atoms with Gasteiger partial charge in [0.25, 0.3) is 0 Å². The van der Waals surface area contributed by atoms with Crippen LogP contribution in [0.15, 0.2) is 0 Å². The Labute approximate surface area is 83.7 Å². The maximum Gasteiger partial charge on any atom is 0.0577 e. The summed E-state index contributed by atoms with van der Waals surface area (Å²) < 4.78 is 16.1. The Hall–Kier alpha value is 0.0700. The molecule has 0 bridgehead atoms. The van der Waals surface area contributed by atoms with E-state index in [0.717, 1.165) is 6.54 Å². The number of ether oxygens (including phenoxy) is 1. The molecular weight excluding hydrogens is 186 g/mol. The van der Waals surface area contributed by atoms with Crippen LogP contribution in [0.4, 0.5) is 0 Å². The molecule has 0 radical (unpaired) electrons. The predicted molar refractivity (Wildman–Crippen MR) is 57.5 cm³/mol. The number of hydrogen-bond donors (Lipinski definition) is 1. The Morgan fingerprint density at radius 2 is 1.92 bits per heavy atom. The molecule has 0 fully saturated rings. The molecule has 0 heterocycles. The van der Waals surface area contributed by atoms with Crippen LogP contribution in [0.25, 0.3) is 0 Å². The van der Waals surface area contributed by atoms with Gasteiger partial charge < -0.3 is 10.1 Å². The third-order valence-electron chi connectivity index (χ3n) is 1.50. The van der Waals surface area contributed by atoms with Crippen molar-refractivity contribution in [2.75, 3.05) is 31.8 Å². The largest absolute Gasteiger partial charge is 0.384 e. The summed E-state index contributed by atoms with van der Waals surface area (Å²) in [7, 11) is 0.887. The molecule has 0 saturated heterocycles. The zero-order valence-corrected chi connectivity index (χ0v) is 9.87. The standard InChI is InChI=1S/C9H21NO2S/c1-9(2,3)10-5-7-13(11)8-6-12-4/h10H,5-8H2,1-4H3. The minimum atomic E-state index is -0.742. The summed E-state index contributed by atoms with van der Waals surface area (Å²) in [6.07, 6.45) is 0. The van der Waals surface area contributed by atoms with E-state index < -0.39 is 10.8 Å². The van der Waals surface area contributed by atoms with Gasteiger partial charge in [-0.05, 0) is 20.8 Å². The highest BCUT2D eigenvalue weighted by Gasteiger charge is 2.08. The van der Waals surface area contributed by atoms with E-state index in [2.05, 4.69) is 26.1 Å². The molecule has 3 nitrogen and oxygen atoms in total. The normalized spacial score (nSPS) is 14.5. The zero-order valence-electron chi connectivity index (χ0n) is 9.05. The van der Waals surface area contributed by atoms with E-state index in [9.17, 15) is 4.21 Å². The maximum absolute atomic E-state index is 11.3. The van der Waals surface area contributed by atoms with Crippen LogP contribution in [-0.4, -0.2) is 41.5 Å². The van der Waals surface area contributed by atoms with Crippen LogP contribution in [0.1, 0.15) is 20.8 Å². The van der Waals surface area contributed by atoms with Gasteiger partial charge >= 0.3 is 0 Å². The lowest BCUT2D eigenvalue weighted by Gasteiger charge is -2.20. The molecular formula is C9H21NO2S. The van der Waals surface area contributed by atoms with Gasteiger partial charge in [-0.1, -0.05) is 0 Å². The fourth-order valence-corrected chi connectivity index (χ4v) is 1.70. The van der Waals surface area contributed by atoms with Crippen molar-refractivity contribution in [3.8, 4) is 0 Å². The molecule has 1 atom stereocenters. The average Bonchev–Trinajstić information content (AvgIpc) is 1.98. The van der Waals surface area contributed by atoms with E-state index in [1.807, 2.05) is 0 Å². The van der Waals surface area contributed by atoms with Gasteiger partial charge in [0.15, 0.2) is 0 Å². The van der Waals surface area contributed by atoms with Gasteiger partial charge in [-0.2, -0.15) is 0 Å². The fourth-order valence-electron chi connectivity index (χ4n) is 0.818. The zero-order chi connectivity index (χ0) is 10.3. The molecule has 1 N–H and O–H groups in total. The molecule has 4 heteroatoms. The minimum absolute atomic E-state index is 0.117. The van der Waals surface area contributed by atoms with Gasteiger partial charge in [0.1, 0.15) is 0 Å². The van der Waals surface area contributed by atoms with Crippen molar-refractivity contribution in [1.82, 2.24) is 5.32 Å². The van der Waals surface area contributed by atoms with Crippen LogP contribution in [0.3, 0.4) is 0 Å². The summed E-state index contributed by atoms with van der Waals surface area (Å²) in [6, 6.07) is 0. The van der Waals surface area contributed by atoms with Crippen LogP contribution in [0.5, 0.6) is 0 Å². The summed E-state index contributed by atoms with van der Waals surface area (Å²) in [5.41, 5.74) is 0.117. The van der Waals surface area contributed by atoms with Crippen LogP contribution in [0, 0.1) is 0 Å². The van der Waals surface area contributed by atoms with E-state index in [1.165, 1.54) is 0 Å². The highest BCUT2D eigenvalue weighted by molar-refractivity contribution is 7.85. The molecule has 0 spiro atoms. The van der Waals surface area contributed by atoms with E-state index >= 15 is 0 Å². The molecule has 0 rings (SSSR count). The Bertz CT molecular complexity index is 154. The first-order valence-electron chi connectivity index (χ1n) is 4.54. The summed E-state index contributed by atoms with van der Waals surface area (Å²) >= 11 is 0. The fraction of sp³-hybridized carbons (Fsp3) is 1.00. The first kappa shape index (κ1) is 13.1. The van der Waals surface area contributed by atoms with E-state index in [-0.39, 0.29) is 5.54 Å². The van der Waals surface area contributed by atoms with Gasteiger partial charge in [0, 0.05) is 41.5 Å². The Morgan fingerprint density at radius 3 is 2.38 bits per heavy atom. The molecule has 0 amide bonds. The molecule has 0 aliphatic heterocycles. The minimum Gasteiger partial charge on any atom is -0.384 e. The highest BCUT2D eigenvalue weighted by Crippen LogP contribution is 1.97. The van der Waals surface area contributed by atoms with E-state index in [1.54, 1.807) is 7.11 Å². The van der Waals surface area contributed by atoms with Gasteiger partial charge in [0.2, 0.25) is 0 Å². The molecule has 0 aliphatic rings. The number of methoxy groups -OCH3 is 1. The predicted octanol–water partition coefficient (Wildman–Crippen LogP) is 0.770. The second-order valence-electron chi connectivity index (χ2n) is 4.02. The summed E-state index contributed by atoms with van der Waals surface area (Å²) in [4.78, 5) is 0. The van der Waals surface area contributed by atoms with Crippen molar-refractivity contribution in [3.05, 3.63) is 0 Å². The van der Waals surface area contributed by atoms with Crippen molar-refractivity contribution in [2.24, 2.45) is 0 Å². The van der Waals surface area contributed by atoms with Crippen LogP contribution < -0.4 is 5.32 Å². The van der Waals surface area contributed by atoms with Crippen LogP contribution >= 0.6 is 0 Å². The van der Waals surface area contributed by atoms with Gasteiger partial charge in [0.05, 0.1) is 6.61 Å². The second kappa shape index (κ2) is 6.51. The number of rotatable bonds is 6. The Morgan fingerprint density at radius 1 is 1.31 bits per heavy atom. The van der Waals surface area contributed by atoms with Crippen molar-refractivity contribution in [2.45, 2.75) is 26.3 Å². The SMILES string of the molecule is COCCS(=O)CCNC(C)(C)C. The van der Waals surface area contributed by atoms with Crippen molar-refractivity contribution in [1.29, 1.82) is 0 Å². The van der Waals surface area contributed by atoms with Gasteiger partial charge in [-0.25, -0.2) is 0 Å². The summed E-state index contributed by atoms with van der Waals surface area (Å²) in [6.45, 7) is 7.70. The molecule has 80 valence electrons. The van der Waals surface area contributed by atoms with E-state index in [4.69, 9.17) is 4.74 Å². The smallest absolute Gasteiger partial charge is 0.0577 e. The van der Waals surface area contributed by atoms with Crippen molar-refractivity contribution in [3.63, 3.8) is 0 Å². The third-order valence-corrected chi connectivity index (χ3v) is 2.78. The Balaban J connectivity index is 3.37. The molecule has 0 aromatic rings. The van der Waals surface area contributed by atoms with E-state index in [0.29, 0.717) is 18.1 Å². The molecule has 0 aromatic carbocycles. The summed E-state index contributed by atoms with van der Waals surface area (Å²) in [5, 5.41) is 3.30. The number of hydrogen-bond acceptors (Lipinski definition) is 3. The molecule has 1 unspecified atom stereocenters. The van der Waals surface area contributed by atoms with Crippen LogP contribution in [0.2, 0.25) is 0 Å². The molecule has 0 aliphatic carbocycles. The number of nitrogens with one attached hydrogen (secondary N) is 1. The quantitative estimate of drug-likeness (QED) is 0.699. The van der Waals surface area contributed by atoms with Crippen LogP contribution in [-0.2, 0) is 15.5 Å².